The van der Waals surface area contributed by atoms with Gasteiger partial charge < -0.3 is 10.1 Å². The van der Waals surface area contributed by atoms with Crippen molar-refractivity contribution in [1.29, 1.82) is 0 Å². The molecule has 1 N–H and O–H groups in total. The number of carbonyl (C=O) groups is 3. The van der Waals surface area contributed by atoms with Crippen LogP contribution < -0.4 is 5.32 Å². The highest BCUT2D eigenvalue weighted by molar-refractivity contribution is 6.33. The summed E-state index contributed by atoms with van der Waals surface area (Å²) in [7, 11) is 0. The summed E-state index contributed by atoms with van der Waals surface area (Å²) in [5.41, 5.74) is -0.465. The number of nitro groups is 1. The van der Waals surface area contributed by atoms with Crippen LogP contribution in [-0.4, -0.2) is 35.7 Å². The van der Waals surface area contributed by atoms with Gasteiger partial charge in [0.15, 0.2) is 12.4 Å². The van der Waals surface area contributed by atoms with E-state index in [1.54, 1.807) is 12.1 Å². The number of esters is 1. The molecule has 0 saturated carbocycles. The molecule has 9 heteroatoms. The predicted octanol–water partition coefficient (Wildman–Crippen LogP) is 3.80. The highest BCUT2D eigenvalue weighted by Gasteiger charge is 2.22. The van der Waals surface area contributed by atoms with Crippen LogP contribution in [0.15, 0.2) is 42.5 Å². The van der Waals surface area contributed by atoms with Crippen molar-refractivity contribution in [3.05, 3.63) is 74.3 Å². The van der Waals surface area contributed by atoms with Crippen molar-refractivity contribution >= 4 is 34.9 Å². The molecule has 0 aliphatic heterocycles. The van der Waals surface area contributed by atoms with Gasteiger partial charge in [-0.05, 0) is 30.5 Å². The molecule has 0 saturated heterocycles. The van der Waals surface area contributed by atoms with Gasteiger partial charge in [0, 0.05) is 23.7 Å². The van der Waals surface area contributed by atoms with Gasteiger partial charge in [-0.2, -0.15) is 0 Å². The number of nitrogens with zero attached hydrogens (tertiary/aromatic N) is 1. The maximum atomic E-state index is 12.8. The molecule has 1 amide bonds. The van der Waals surface area contributed by atoms with Crippen molar-refractivity contribution in [2.24, 2.45) is 5.92 Å². The van der Waals surface area contributed by atoms with Gasteiger partial charge in [-0.1, -0.05) is 43.6 Å². The first-order valence-corrected chi connectivity index (χ1v) is 9.60. The number of hydrogen-bond acceptors (Lipinski definition) is 6. The molecular formula is C21H21ClN2O6. The highest BCUT2D eigenvalue weighted by atomic mass is 35.5. The molecule has 0 aliphatic rings. The normalized spacial score (nSPS) is 10.5. The van der Waals surface area contributed by atoms with Crippen LogP contribution in [0.1, 0.15) is 46.5 Å². The zero-order chi connectivity index (χ0) is 22.3. The highest BCUT2D eigenvalue weighted by Crippen LogP contribution is 2.27. The minimum Gasteiger partial charge on any atom is -0.452 e. The van der Waals surface area contributed by atoms with Crippen LogP contribution in [0.3, 0.4) is 0 Å². The Morgan fingerprint density at radius 2 is 1.80 bits per heavy atom. The maximum absolute atomic E-state index is 12.8. The molecule has 0 unspecified atom stereocenters. The van der Waals surface area contributed by atoms with Crippen LogP contribution >= 0.6 is 11.6 Å². The molecule has 0 spiro atoms. The SMILES string of the molecule is CC(C)CCNC(=O)COC(=O)c1ccccc1C(=O)c1ccc(Cl)c([N+](=O)[O-])c1. The minimum absolute atomic E-state index is 0.000614. The van der Waals surface area contributed by atoms with Crippen molar-refractivity contribution in [2.45, 2.75) is 20.3 Å². The summed E-state index contributed by atoms with van der Waals surface area (Å²) in [4.78, 5) is 47.5. The predicted molar refractivity (Wildman–Crippen MR) is 111 cm³/mol. The van der Waals surface area contributed by atoms with E-state index in [1.165, 1.54) is 24.3 Å². The lowest BCUT2D eigenvalue weighted by Gasteiger charge is -2.10. The average molecular weight is 433 g/mol. The molecule has 0 aliphatic carbocycles. The number of nitro benzene ring substituents is 1. The van der Waals surface area contributed by atoms with Crippen LogP contribution in [0.25, 0.3) is 0 Å². The summed E-state index contributed by atoms with van der Waals surface area (Å²) in [5, 5.41) is 13.6. The van der Waals surface area contributed by atoms with E-state index in [4.69, 9.17) is 16.3 Å². The maximum Gasteiger partial charge on any atom is 0.339 e. The van der Waals surface area contributed by atoms with Gasteiger partial charge in [0.05, 0.1) is 10.5 Å². The molecule has 2 aromatic carbocycles. The first kappa shape index (κ1) is 23.0. The van der Waals surface area contributed by atoms with Gasteiger partial charge in [0.1, 0.15) is 5.02 Å². The number of carbonyl (C=O) groups excluding carboxylic acids is 3. The molecule has 0 atom stereocenters. The Hall–Kier alpha value is -3.26. The summed E-state index contributed by atoms with van der Waals surface area (Å²) in [6, 6.07) is 9.51. The molecule has 30 heavy (non-hydrogen) atoms. The molecule has 0 bridgehead atoms. The second-order valence-corrected chi connectivity index (χ2v) is 7.31. The summed E-state index contributed by atoms with van der Waals surface area (Å²) in [5.74, 6) is -1.47. The lowest BCUT2D eigenvalue weighted by molar-refractivity contribution is -0.384. The van der Waals surface area contributed by atoms with Gasteiger partial charge in [0.25, 0.3) is 11.6 Å². The van der Waals surface area contributed by atoms with Crippen LogP contribution in [-0.2, 0) is 9.53 Å². The molecule has 0 heterocycles. The zero-order valence-corrected chi connectivity index (χ0v) is 17.3. The van der Waals surface area contributed by atoms with Gasteiger partial charge in [-0.15, -0.1) is 0 Å². The third-order valence-corrected chi connectivity index (χ3v) is 4.49. The van der Waals surface area contributed by atoms with Crippen molar-refractivity contribution in [1.82, 2.24) is 5.32 Å². The monoisotopic (exact) mass is 432 g/mol. The molecular weight excluding hydrogens is 412 g/mol. The number of ether oxygens (including phenoxy) is 1. The summed E-state index contributed by atoms with van der Waals surface area (Å²) >= 11 is 5.78. The van der Waals surface area contributed by atoms with E-state index in [2.05, 4.69) is 5.32 Å². The van der Waals surface area contributed by atoms with Gasteiger partial charge in [-0.25, -0.2) is 4.79 Å². The summed E-state index contributed by atoms with van der Waals surface area (Å²) < 4.78 is 5.02. The Labute approximate surface area is 178 Å². The zero-order valence-electron chi connectivity index (χ0n) is 16.5. The van der Waals surface area contributed by atoms with Gasteiger partial charge >= 0.3 is 5.97 Å². The van der Waals surface area contributed by atoms with Crippen molar-refractivity contribution in [2.75, 3.05) is 13.2 Å². The topological polar surface area (TPSA) is 116 Å². The number of amides is 1. The number of rotatable bonds is 9. The van der Waals surface area contributed by atoms with Crippen molar-refractivity contribution < 1.29 is 24.0 Å². The third kappa shape index (κ3) is 6.12. The number of nitrogens with one attached hydrogen (secondary N) is 1. The second-order valence-electron chi connectivity index (χ2n) is 6.91. The Morgan fingerprint density at radius 1 is 1.13 bits per heavy atom. The Bertz CT molecular complexity index is 974. The molecule has 0 fully saturated rings. The lowest BCUT2D eigenvalue weighted by atomic mass is 9.98. The van der Waals surface area contributed by atoms with Crippen LogP contribution in [0, 0.1) is 16.0 Å². The van der Waals surface area contributed by atoms with E-state index in [9.17, 15) is 24.5 Å². The quantitative estimate of drug-likeness (QED) is 0.279. The summed E-state index contributed by atoms with van der Waals surface area (Å²) in [6.07, 6.45) is 0.796. The fraction of sp³-hybridized carbons (Fsp3) is 0.286. The first-order chi connectivity index (χ1) is 14.2. The molecule has 8 nitrogen and oxygen atoms in total. The fourth-order valence-electron chi connectivity index (χ4n) is 2.57. The van der Waals surface area contributed by atoms with E-state index < -0.39 is 34.9 Å². The van der Waals surface area contributed by atoms with E-state index in [1.807, 2.05) is 13.8 Å². The summed E-state index contributed by atoms with van der Waals surface area (Å²) in [6.45, 7) is 4.04. The Balaban J connectivity index is 2.15. The van der Waals surface area contributed by atoms with Crippen molar-refractivity contribution in [3.63, 3.8) is 0 Å². The van der Waals surface area contributed by atoms with Crippen LogP contribution in [0.5, 0.6) is 0 Å². The van der Waals surface area contributed by atoms with E-state index >= 15 is 0 Å². The molecule has 2 rings (SSSR count). The number of benzene rings is 2. The number of hydrogen-bond donors (Lipinski definition) is 1. The molecule has 2 aromatic rings. The van der Waals surface area contributed by atoms with Gasteiger partial charge in [0.2, 0.25) is 0 Å². The van der Waals surface area contributed by atoms with Crippen LogP contribution in [0.4, 0.5) is 5.69 Å². The number of halogens is 1. The average Bonchev–Trinajstić information content (AvgIpc) is 2.71. The minimum atomic E-state index is -0.846. The van der Waals surface area contributed by atoms with Crippen molar-refractivity contribution in [3.8, 4) is 0 Å². The smallest absolute Gasteiger partial charge is 0.339 e. The van der Waals surface area contributed by atoms with E-state index in [0.717, 1.165) is 12.5 Å². The third-order valence-electron chi connectivity index (χ3n) is 4.17. The van der Waals surface area contributed by atoms with Crippen LogP contribution in [0.2, 0.25) is 5.02 Å². The molecule has 0 radical (unpaired) electrons. The Morgan fingerprint density at radius 3 is 2.43 bits per heavy atom. The molecule has 158 valence electrons. The number of ketones is 1. The lowest BCUT2D eigenvalue weighted by Crippen LogP contribution is -2.30. The molecule has 0 aromatic heterocycles. The standard InChI is InChI=1S/C21H21ClN2O6/c1-13(2)9-10-23-19(25)12-30-21(27)16-6-4-3-5-15(16)20(26)14-7-8-17(22)18(11-14)24(28)29/h3-8,11,13H,9-10,12H2,1-2H3,(H,23,25). The van der Waals surface area contributed by atoms with E-state index in [-0.39, 0.29) is 21.7 Å². The Kier molecular flexibility index (Phi) is 8.06. The van der Waals surface area contributed by atoms with Gasteiger partial charge in [-0.3, -0.25) is 19.7 Å². The fourth-order valence-corrected chi connectivity index (χ4v) is 2.76. The largest absolute Gasteiger partial charge is 0.452 e. The van der Waals surface area contributed by atoms with E-state index in [0.29, 0.717) is 12.5 Å². The first-order valence-electron chi connectivity index (χ1n) is 9.22. The second kappa shape index (κ2) is 10.5.